The van der Waals surface area contributed by atoms with Crippen molar-refractivity contribution in [3.8, 4) is 5.75 Å². The highest BCUT2D eigenvalue weighted by atomic mass is 35.5. The minimum Gasteiger partial charge on any atom is -0.497 e. The topological polar surface area (TPSA) is 119 Å². The monoisotopic (exact) mass is 569 g/mol. The summed E-state index contributed by atoms with van der Waals surface area (Å²) in [5, 5.41) is 7.71. The molecule has 1 atom stereocenters. The van der Waals surface area contributed by atoms with Crippen LogP contribution in [0, 0.1) is 12.8 Å². The van der Waals surface area contributed by atoms with Crippen molar-refractivity contribution in [2.75, 3.05) is 44.5 Å². The molecule has 2 aromatic rings. The predicted molar refractivity (Wildman–Crippen MR) is 161 cm³/mol. The molecule has 1 aliphatic rings. The summed E-state index contributed by atoms with van der Waals surface area (Å²) in [5.41, 5.74) is 9.09. The molecular formula is C29H40ClN7O3. The first-order chi connectivity index (χ1) is 19.3. The molecule has 1 aromatic heterocycles. The number of benzene rings is 1. The van der Waals surface area contributed by atoms with Gasteiger partial charge in [0, 0.05) is 43.6 Å². The van der Waals surface area contributed by atoms with E-state index in [0.717, 1.165) is 74.2 Å². The van der Waals surface area contributed by atoms with Crippen LogP contribution in [-0.4, -0.2) is 66.1 Å². The Balaban J connectivity index is 1.55. The van der Waals surface area contributed by atoms with Crippen molar-refractivity contribution in [2.24, 2.45) is 16.1 Å². The molecule has 0 radical (unpaired) electrons. The van der Waals surface area contributed by atoms with E-state index < -0.39 is 5.97 Å². The Morgan fingerprint density at radius 3 is 2.73 bits per heavy atom. The number of hydrogen-bond donors (Lipinski definition) is 1. The highest BCUT2D eigenvalue weighted by Crippen LogP contribution is 2.25. The lowest BCUT2D eigenvalue weighted by molar-refractivity contribution is -0.132. The number of aromatic nitrogens is 2. The van der Waals surface area contributed by atoms with Gasteiger partial charge in [-0.15, -0.1) is 10.2 Å². The van der Waals surface area contributed by atoms with Crippen LogP contribution in [0.3, 0.4) is 0 Å². The molecule has 1 saturated heterocycles. The van der Waals surface area contributed by atoms with Crippen molar-refractivity contribution < 1.29 is 14.3 Å². The maximum absolute atomic E-state index is 11.1. The van der Waals surface area contributed by atoms with Crippen LogP contribution < -0.4 is 15.4 Å². The summed E-state index contributed by atoms with van der Waals surface area (Å²) in [7, 11) is 2.95. The summed E-state index contributed by atoms with van der Waals surface area (Å²) in [6.07, 6.45) is 8.38. The molecule has 3 rings (SSSR count). The summed E-state index contributed by atoms with van der Waals surface area (Å²) in [4.78, 5) is 24.9. The number of hydrogen-bond acceptors (Lipinski definition) is 10. The minimum atomic E-state index is -0.577. The van der Waals surface area contributed by atoms with Crippen LogP contribution >= 0.6 is 11.6 Å². The zero-order valence-electron chi connectivity index (χ0n) is 23.8. The SMILES string of the molecule is COC(=O)/C=N/N=C(Cl)\C=C(/C)N1CCCC(CCCCN(Cc2ccc(OC)cc2)c2nc(C)cc(N)n2)C1. The fourth-order valence-corrected chi connectivity index (χ4v) is 4.95. The van der Waals surface area contributed by atoms with Gasteiger partial charge in [0.25, 0.3) is 0 Å². The number of carbonyl (C=O) groups excluding carboxylic acids is 1. The third-order valence-electron chi connectivity index (χ3n) is 6.83. The van der Waals surface area contributed by atoms with Crippen LogP contribution in [0.15, 0.2) is 52.3 Å². The number of rotatable bonds is 13. The number of methoxy groups -OCH3 is 2. The fraction of sp³-hybridized carbons (Fsp3) is 0.483. The van der Waals surface area contributed by atoms with Gasteiger partial charge in [-0.1, -0.05) is 30.2 Å². The number of likely N-dealkylation sites (tertiary alicyclic amines) is 1. The van der Waals surface area contributed by atoms with Crippen molar-refractivity contribution >= 4 is 40.7 Å². The Morgan fingerprint density at radius 2 is 2.02 bits per heavy atom. The maximum atomic E-state index is 11.1. The number of anilines is 2. The molecule has 0 aliphatic carbocycles. The fourth-order valence-electron chi connectivity index (χ4n) is 4.75. The Bertz CT molecular complexity index is 1180. The summed E-state index contributed by atoms with van der Waals surface area (Å²) >= 11 is 6.19. The lowest BCUT2D eigenvalue weighted by Gasteiger charge is -2.35. The number of esters is 1. The Kier molecular flexibility index (Phi) is 12.2. The number of piperidine rings is 1. The first-order valence-corrected chi connectivity index (χ1v) is 13.9. The minimum absolute atomic E-state index is 0.218. The Labute approximate surface area is 241 Å². The van der Waals surface area contributed by atoms with Crippen LogP contribution in [0.4, 0.5) is 11.8 Å². The van der Waals surface area contributed by atoms with Crippen molar-refractivity contribution in [1.82, 2.24) is 14.9 Å². The summed E-state index contributed by atoms with van der Waals surface area (Å²) in [6, 6.07) is 9.87. The summed E-state index contributed by atoms with van der Waals surface area (Å²) < 4.78 is 9.80. The van der Waals surface area contributed by atoms with E-state index in [1.807, 2.05) is 26.0 Å². The van der Waals surface area contributed by atoms with Gasteiger partial charge in [-0.25, -0.2) is 9.78 Å². The number of unbranched alkanes of at least 4 members (excludes halogenated alkanes) is 1. The molecule has 2 N–H and O–H groups in total. The van der Waals surface area contributed by atoms with Crippen LogP contribution in [0.5, 0.6) is 5.75 Å². The first-order valence-electron chi connectivity index (χ1n) is 13.5. The highest BCUT2D eigenvalue weighted by Gasteiger charge is 2.20. The first kappa shape index (κ1) is 30.9. The van der Waals surface area contributed by atoms with Gasteiger partial charge in [0.15, 0.2) is 5.17 Å². The zero-order valence-corrected chi connectivity index (χ0v) is 24.6. The quantitative estimate of drug-likeness (QED) is 0.155. The second-order valence-electron chi connectivity index (χ2n) is 9.93. The van der Waals surface area contributed by atoms with E-state index in [0.29, 0.717) is 24.2 Å². The summed E-state index contributed by atoms with van der Waals surface area (Å²) in [5.74, 6) is 2.00. The van der Waals surface area contributed by atoms with Crippen LogP contribution in [-0.2, 0) is 16.1 Å². The number of allylic oxidation sites excluding steroid dienone is 2. The lowest BCUT2D eigenvalue weighted by atomic mass is 9.92. The molecule has 1 aromatic carbocycles. The predicted octanol–water partition coefficient (Wildman–Crippen LogP) is 4.96. The summed E-state index contributed by atoms with van der Waals surface area (Å²) in [6.45, 7) is 7.45. The van der Waals surface area contributed by atoms with E-state index in [1.54, 1.807) is 19.3 Å². The van der Waals surface area contributed by atoms with Crippen LogP contribution in [0.2, 0.25) is 0 Å². The van der Waals surface area contributed by atoms with Crippen LogP contribution in [0.1, 0.15) is 50.3 Å². The van der Waals surface area contributed by atoms with Gasteiger partial charge >= 0.3 is 5.97 Å². The molecule has 0 saturated carbocycles. The van der Waals surface area contributed by atoms with Gasteiger partial charge in [-0.05, 0) is 69.2 Å². The molecule has 1 unspecified atom stereocenters. The number of nitrogen functional groups attached to an aromatic ring is 1. The normalized spacial score (nSPS) is 16.3. The molecule has 1 fully saturated rings. The average Bonchev–Trinajstić information content (AvgIpc) is 2.94. The molecule has 0 amide bonds. The second kappa shape index (κ2) is 15.8. The van der Waals surface area contributed by atoms with E-state index in [2.05, 4.69) is 46.8 Å². The standard InChI is InChI=1S/C29H40ClN7O3/c1-21-16-27(31)34-29(33-21)37(20-24-10-12-25(39-3)13-11-24)14-6-5-8-23-9-7-15-36(19-23)22(2)17-26(30)35-32-18-28(38)40-4/h10-13,16-18,23H,5-9,14-15,19-20H2,1-4H3,(H2,31,33,34)/b22-17+,32-18+,35-26+. The van der Waals surface area contributed by atoms with Gasteiger partial charge in [-0.2, -0.15) is 4.98 Å². The molecule has 0 bridgehead atoms. The number of halogens is 1. The van der Waals surface area contributed by atoms with E-state index in [1.165, 1.54) is 13.5 Å². The van der Waals surface area contributed by atoms with Gasteiger partial charge in [0.1, 0.15) is 17.8 Å². The molecular weight excluding hydrogens is 530 g/mol. The molecule has 10 nitrogen and oxygen atoms in total. The van der Waals surface area contributed by atoms with Crippen molar-refractivity contribution in [3.63, 3.8) is 0 Å². The third kappa shape index (κ3) is 10.1. The number of aryl methyl sites for hydroxylation is 1. The number of nitrogens with two attached hydrogens (primary N) is 1. The molecule has 0 spiro atoms. The van der Waals surface area contributed by atoms with Gasteiger partial charge < -0.3 is 25.0 Å². The van der Waals surface area contributed by atoms with E-state index in [9.17, 15) is 4.79 Å². The zero-order chi connectivity index (χ0) is 28.9. The van der Waals surface area contributed by atoms with Gasteiger partial charge in [-0.3, -0.25) is 0 Å². The molecule has 216 valence electrons. The largest absolute Gasteiger partial charge is 0.497 e. The molecule has 11 heteroatoms. The number of carbonyl (C=O) groups is 1. The maximum Gasteiger partial charge on any atom is 0.351 e. The molecule has 2 heterocycles. The van der Waals surface area contributed by atoms with Gasteiger partial charge in [0.2, 0.25) is 5.95 Å². The lowest BCUT2D eigenvalue weighted by Crippen LogP contribution is -2.34. The number of nitrogens with zero attached hydrogens (tertiary/aromatic N) is 6. The molecule has 40 heavy (non-hydrogen) atoms. The highest BCUT2D eigenvalue weighted by molar-refractivity contribution is 6.68. The molecule has 1 aliphatic heterocycles. The Hall–Kier alpha value is -3.66. The van der Waals surface area contributed by atoms with E-state index in [4.69, 9.17) is 22.1 Å². The van der Waals surface area contributed by atoms with Crippen molar-refractivity contribution in [2.45, 2.75) is 52.5 Å². The van der Waals surface area contributed by atoms with Crippen molar-refractivity contribution in [3.05, 3.63) is 53.4 Å². The second-order valence-corrected chi connectivity index (χ2v) is 10.3. The van der Waals surface area contributed by atoms with Crippen LogP contribution in [0.25, 0.3) is 0 Å². The smallest absolute Gasteiger partial charge is 0.351 e. The van der Waals surface area contributed by atoms with E-state index >= 15 is 0 Å². The van der Waals surface area contributed by atoms with Crippen molar-refractivity contribution in [1.29, 1.82) is 0 Å². The Morgan fingerprint density at radius 1 is 1.25 bits per heavy atom. The average molecular weight is 570 g/mol. The van der Waals surface area contributed by atoms with E-state index in [-0.39, 0.29) is 5.17 Å². The third-order valence-corrected chi connectivity index (χ3v) is 7.02. The number of ether oxygens (including phenoxy) is 2. The van der Waals surface area contributed by atoms with Gasteiger partial charge in [0.05, 0.1) is 14.2 Å².